The number of carbonyl (C=O) groups is 1. The van der Waals surface area contributed by atoms with E-state index >= 15 is 0 Å². The van der Waals surface area contributed by atoms with Gasteiger partial charge >= 0.3 is 5.97 Å². The maximum atomic E-state index is 12.8. The number of allylic oxidation sites excluding steroid dienone is 10. The summed E-state index contributed by atoms with van der Waals surface area (Å²) in [5, 5.41) is 0. The van der Waals surface area contributed by atoms with Crippen molar-refractivity contribution in [1.82, 2.24) is 0 Å². The van der Waals surface area contributed by atoms with Crippen molar-refractivity contribution < 1.29 is 37.3 Å². The van der Waals surface area contributed by atoms with Gasteiger partial charge in [0, 0.05) is 13.0 Å². The van der Waals surface area contributed by atoms with Crippen LogP contribution in [0.5, 0.6) is 0 Å². The number of nitrogens with zero attached hydrogens (tertiary/aromatic N) is 1. The number of phosphoric acid groups is 1. The average Bonchev–Trinajstić information content (AvgIpc) is 3.24. The molecule has 0 saturated heterocycles. The minimum absolute atomic E-state index is 0.0209. The van der Waals surface area contributed by atoms with Crippen LogP contribution in [0.2, 0.25) is 0 Å². The molecule has 2 atom stereocenters. The van der Waals surface area contributed by atoms with Crippen LogP contribution in [0.4, 0.5) is 0 Å². The van der Waals surface area contributed by atoms with Gasteiger partial charge in [-0.1, -0.05) is 190 Å². The minimum atomic E-state index is -4.54. The molecule has 0 radical (unpaired) electrons. The molecular weight excluding hydrogens is 806 g/mol. The van der Waals surface area contributed by atoms with Gasteiger partial charge in [-0.05, 0) is 83.5 Å². The molecule has 0 rings (SSSR count). The molecule has 0 aliphatic rings. The van der Waals surface area contributed by atoms with Crippen molar-refractivity contribution in [2.45, 2.75) is 225 Å². The number of ether oxygens (including phenoxy) is 2. The van der Waals surface area contributed by atoms with Crippen LogP contribution >= 0.6 is 7.82 Å². The van der Waals surface area contributed by atoms with Gasteiger partial charge in [0.25, 0.3) is 7.82 Å². The van der Waals surface area contributed by atoms with Gasteiger partial charge in [0.1, 0.15) is 19.3 Å². The molecular formula is C54H100NO7P. The molecule has 0 aromatic heterocycles. The van der Waals surface area contributed by atoms with Gasteiger partial charge in [-0.2, -0.15) is 0 Å². The summed E-state index contributed by atoms with van der Waals surface area (Å²) in [7, 11) is 1.34. The van der Waals surface area contributed by atoms with E-state index in [0.29, 0.717) is 24.1 Å². The van der Waals surface area contributed by atoms with E-state index in [1.807, 2.05) is 21.1 Å². The molecule has 63 heavy (non-hydrogen) atoms. The number of unbranched alkanes of at least 4 members (excludes halogenated alkanes) is 24. The van der Waals surface area contributed by atoms with E-state index in [1.54, 1.807) is 0 Å². The van der Waals surface area contributed by atoms with Crippen LogP contribution in [0.3, 0.4) is 0 Å². The van der Waals surface area contributed by atoms with E-state index in [1.165, 1.54) is 135 Å². The average molecular weight is 906 g/mol. The Hall–Kier alpha value is -1.80. The number of rotatable bonds is 48. The van der Waals surface area contributed by atoms with E-state index in [4.69, 9.17) is 18.5 Å². The van der Waals surface area contributed by atoms with Crippen LogP contribution in [0, 0.1) is 0 Å². The molecule has 0 saturated carbocycles. The Morgan fingerprint density at radius 2 is 0.873 bits per heavy atom. The lowest BCUT2D eigenvalue weighted by molar-refractivity contribution is -0.870. The summed E-state index contributed by atoms with van der Waals surface area (Å²) >= 11 is 0. The number of hydrogen-bond donors (Lipinski definition) is 0. The third kappa shape index (κ3) is 51.1. The number of quaternary nitrogens is 1. The van der Waals surface area contributed by atoms with Gasteiger partial charge in [0.15, 0.2) is 0 Å². The Morgan fingerprint density at radius 3 is 1.33 bits per heavy atom. The summed E-state index contributed by atoms with van der Waals surface area (Å²) in [5.41, 5.74) is 0. The molecule has 0 aliphatic carbocycles. The summed E-state index contributed by atoms with van der Waals surface area (Å²) in [6, 6.07) is 0. The fourth-order valence-corrected chi connectivity index (χ4v) is 7.72. The standard InChI is InChI=1S/C54H100NO7P/c1-6-8-10-12-14-16-18-20-22-24-26-28-29-31-33-35-37-39-41-43-45-47-54(56)62-53(52-61-63(57,58)60-50-48-55(3,4)5)51-59-49-46-44-42-40-38-36-34-32-30-27-25-23-21-19-17-15-13-11-9-7-2/h15,17-18,20-21,23-24,26-27,30,53H,6-14,16,19,22,25,28-29,31-52H2,1-5H3/b17-15-,20-18-,23-21-,26-24-,30-27-. The van der Waals surface area contributed by atoms with Crippen molar-refractivity contribution >= 4 is 13.8 Å². The molecule has 0 N–H and O–H groups in total. The molecule has 9 heteroatoms. The topological polar surface area (TPSA) is 94.1 Å². The van der Waals surface area contributed by atoms with Crippen molar-refractivity contribution in [2.24, 2.45) is 0 Å². The van der Waals surface area contributed by atoms with Gasteiger partial charge in [0.05, 0.1) is 34.4 Å². The van der Waals surface area contributed by atoms with Crippen molar-refractivity contribution in [3.05, 3.63) is 60.8 Å². The molecule has 8 nitrogen and oxygen atoms in total. The van der Waals surface area contributed by atoms with Crippen LogP contribution in [-0.4, -0.2) is 70.7 Å². The SMILES string of the molecule is CCCCC/C=C\C/C=C\C/C=C\CCCCCCCCCOCC(COP(=O)([O-])OCC[N+](C)(C)C)OC(=O)CCCCCCCCCCC/C=C\C/C=C\CCCCCCC. The van der Waals surface area contributed by atoms with Crippen LogP contribution in [0.25, 0.3) is 0 Å². The van der Waals surface area contributed by atoms with Crippen LogP contribution in [0.1, 0.15) is 219 Å². The van der Waals surface area contributed by atoms with Crippen molar-refractivity contribution in [2.75, 3.05) is 54.1 Å². The normalized spacial score (nSPS) is 14.1. The molecule has 0 aromatic rings. The Balaban J connectivity index is 4.18. The Labute approximate surface area is 390 Å². The fourth-order valence-electron chi connectivity index (χ4n) is 7.00. The van der Waals surface area contributed by atoms with E-state index in [-0.39, 0.29) is 25.8 Å². The number of likely N-dealkylation sites (N-methyl/N-ethyl adjacent to an activating group) is 1. The summed E-state index contributed by atoms with van der Waals surface area (Å²) in [4.78, 5) is 25.2. The molecule has 0 spiro atoms. The highest BCUT2D eigenvalue weighted by Crippen LogP contribution is 2.38. The van der Waals surface area contributed by atoms with Crippen molar-refractivity contribution in [3.63, 3.8) is 0 Å². The molecule has 0 aromatic carbocycles. The first-order valence-corrected chi connectivity index (χ1v) is 27.5. The third-order valence-electron chi connectivity index (χ3n) is 11.0. The number of carbonyl (C=O) groups excluding carboxylic acids is 1. The number of hydrogen-bond acceptors (Lipinski definition) is 7. The monoisotopic (exact) mass is 906 g/mol. The highest BCUT2D eigenvalue weighted by Gasteiger charge is 2.20. The van der Waals surface area contributed by atoms with Crippen LogP contribution < -0.4 is 4.89 Å². The fraction of sp³-hybridized carbons (Fsp3) is 0.796. The molecule has 0 bridgehead atoms. The lowest BCUT2D eigenvalue weighted by Crippen LogP contribution is -2.37. The van der Waals surface area contributed by atoms with Gasteiger partial charge in [-0.3, -0.25) is 9.36 Å². The second-order valence-corrected chi connectivity index (χ2v) is 19.9. The van der Waals surface area contributed by atoms with Crippen LogP contribution in [-0.2, 0) is 27.9 Å². The lowest BCUT2D eigenvalue weighted by atomic mass is 10.1. The van der Waals surface area contributed by atoms with Crippen molar-refractivity contribution in [3.8, 4) is 0 Å². The Kier molecular flexibility index (Phi) is 45.4. The molecule has 368 valence electrons. The van der Waals surface area contributed by atoms with E-state index in [2.05, 4.69) is 74.6 Å². The lowest BCUT2D eigenvalue weighted by Gasteiger charge is -2.28. The molecule has 0 amide bonds. The highest BCUT2D eigenvalue weighted by atomic mass is 31.2. The summed E-state index contributed by atoms with van der Waals surface area (Å²) < 4.78 is 34.7. The van der Waals surface area contributed by atoms with Gasteiger partial charge in [-0.25, -0.2) is 0 Å². The maximum Gasteiger partial charge on any atom is 0.306 e. The van der Waals surface area contributed by atoms with Gasteiger partial charge in [0.2, 0.25) is 0 Å². The number of phosphoric ester groups is 1. The van der Waals surface area contributed by atoms with Gasteiger partial charge in [-0.15, -0.1) is 0 Å². The zero-order valence-electron chi connectivity index (χ0n) is 41.8. The first kappa shape index (κ1) is 61.2. The minimum Gasteiger partial charge on any atom is -0.756 e. The van der Waals surface area contributed by atoms with Gasteiger partial charge < -0.3 is 27.9 Å². The zero-order chi connectivity index (χ0) is 46.2. The summed E-state index contributed by atoms with van der Waals surface area (Å²) in [6.45, 7) is 5.36. The zero-order valence-corrected chi connectivity index (χ0v) is 42.7. The molecule has 0 heterocycles. The largest absolute Gasteiger partial charge is 0.756 e. The van der Waals surface area contributed by atoms with E-state index in [0.717, 1.165) is 64.2 Å². The van der Waals surface area contributed by atoms with Crippen LogP contribution in [0.15, 0.2) is 60.8 Å². The third-order valence-corrected chi connectivity index (χ3v) is 12.0. The second kappa shape index (κ2) is 46.7. The van der Waals surface area contributed by atoms with E-state index < -0.39 is 13.9 Å². The predicted molar refractivity (Wildman–Crippen MR) is 268 cm³/mol. The molecule has 0 fully saturated rings. The van der Waals surface area contributed by atoms with Crippen molar-refractivity contribution in [1.29, 1.82) is 0 Å². The second-order valence-electron chi connectivity index (χ2n) is 18.5. The summed E-state index contributed by atoms with van der Waals surface area (Å²) in [6.07, 6.45) is 59.5. The molecule has 0 aliphatic heterocycles. The number of esters is 1. The Bertz CT molecular complexity index is 1190. The first-order valence-electron chi connectivity index (χ1n) is 26.0. The predicted octanol–water partition coefficient (Wildman–Crippen LogP) is 15.4. The summed E-state index contributed by atoms with van der Waals surface area (Å²) in [5.74, 6) is -0.342. The highest BCUT2D eigenvalue weighted by molar-refractivity contribution is 7.45. The Morgan fingerprint density at radius 1 is 0.492 bits per heavy atom. The van der Waals surface area contributed by atoms with E-state index in [9.17, 15) is 14.3 Å². The maximum absolute atomic E-state index is 12.8. The molecule has 2 unspecified atom stereocenters. The quantitative estimate of drug-likeness (QED) is 0.0197. The first-order chi connectivity index (χ1) is 30.6. The smallest absolute Gasteiger partial charge is 0.306 e.